The minimum Gasteiger partial charge on any atom is -0.300 e. The topological polar surface area (TPSA) is 50.9 Å². The van der Waals surface area contributed by atoms with Crippen molar-refractivity contribution in [2.45, 2.75) is 20.4 Å². The number of hydrogen-bond acceptors (Lipinski definition) is 3. The van der Waals surface area contributed by atoms with E-state index in [-0.39, 0.29) is 0 Å². The van der Waals surface area contributed by atoms with Crippen LogP contribution in [0.15, 0.2) is 30.6 Å². The lowest BCUT2D eigenvalue weighted by molar-refractivity contribution is 0.521. The molecule has 0 saturated carbocycles. The van der Waals surface area contributed by atoms with Crippen molar-refractivity contribution in [3.63, 3.8) is 0 Å². The summed E-state index contributed by atoms with van der Waals surface area (Å²) in [7, 11) is 0. The fourth-order valence-electron chi connectivity index (χ4n) is 2.16. The summed E-state index contributed by atoms with van der Waals surface area (Å²) >= 11 is 5.31. The molecule has 6 heteroatoms. The average Bonchev–Trinajstić information content (AvgIpc) is 2.94. The Labute approximate surface area is 115 Å². The van der Waals surface area contributed by atoms with Crippen molar-refractivity contribution in [1.82, 2.24) is 24.4 Å². The third-order valence-electron chi connectivity index (χ3n) is 2.97. The lowest BCUT2D eigenvalue weighted by Gasteiger charge is -2.08. The molecular weight excluding hydrogens is 258 g/mol. The molecule has 0 aliphatic rings. The zero-order chi connectivity index (χ0) is 13.4. The number of H-pyrrole nitrogens is 1. The van der Waals surface area contributed by atoms with E-state index < -0.39 is 0 Å². The largest absolute Gasteiger partial charge is 0.300 e. The van der Waals surface area contributed by atoms with E-state index in [0.717, 1.165) is 23.4 Å². The second kappa shape index (κ2) is 4.62. The van der Waals surface area contributed by atoms with E-state index in [2.05, 4.69) is 29.1 Å². The molecule has 0 unspecified atom stereocenters. The normalized spacial score (nSPS) is 11.5. The first-order valence-corrected chi connectivity index (χ1v) is 6.65. The molecule has 3 aromatic heterocycles. The summed E-state index contributed by atoms with van der Waals surface area (Å²) in [6.45, 7) is 5.16. The van der Waals surface area contributed by atoms with Crippen molar-refractivity contribution in [2.75, 3.05) is 0 Å². The van der Waals surface area contributed by atoms with Crippen LogP contribution in [0.4, 0.5) is 0 Å². The van der Waals surface area contributed by atoms with Gasteiger partial charge in [0.25, 0.3) is 0 Å². The van der Waals surface area contributed by atoms with Crippen LogP contribution in [0.2, 0.25) is 0 Å². The molecule has 0 aromatic carbocycles. The maximum atomic E-state index is 5.31. The minimum atomic E-state index is 0.505. The fraction of sp³-hybridized carbons (Fsp3) is 0.308. The molecule has 19 heavy (non-hydrogen) atoms. The van der Waals surface area contributed by atoms with E-state index in [4.69, 9.17) is 12.2 Å². The predicted molar refractivity (Wildman–Crippen MR) is 76.4 cm³/mol. The molecule has 0 spiro atoms. The van der Waals surface area contributed by atoms with Crippen molar-refractivity contribution in [3.8, 4) is 11.4 Å². The number of hydrogen-bond donors (Lipinski definition) is 1. The molecule has 0 fully saturated rings. The highest BCUT2D eigenvalue weighted by Gasteiger charge is 2.14. The SMILES string of the molecule is CC(C)Cn1c(-c2cnn3ccccc23)n[nH]c1=S. The molecule has 0 aliphatic heterocycles. The van der Waals surface area contributed by atoms with Gasteiger partial charge >= 0.3 is 0 Å². The summed E-state index contributed by atoms with van der Waals surface area (Å²) in [5.74, 6) is 1.35. The first-order valence-electron chi connectivity index (χ1n) is 6.25. The first-order chi connectivity index (χ1) is 9.16. The van der Waals surface area contributed by atoms with Gasteiger partial charge in [0.05, 0.1) is 17.3 Å². The van der Waals surface area contributed by atoms with E-state index in [1.54, 1.807) is 0 Å². The Hall–Kier alpha value is -1.95. The Morgan fingerprint density at radius 3 is 3.00 bits per heavy atom. The second-order valence-electron chi connectivity index (χ2n) is 4.95. The smallest absolute Gasteiger partial charge is 0.195 e. The van der Waals surface area contributed by atoms with Gasteiger partial charge in [-0.25, -0.2) is 4.52 Å². The van der Waals surface area contributed by atoms with Gasteiger partial charge in [0.2, 0.25) is 0 Å². The molecule has 0 saturated heterocycles. The molecular formula is C13H15N5S. The van der Waals surface area contributed by atoms with Crippen LogP contribution >= 0.6 is 12.2 Å². The molecule has 0 aliphatic carbocycles. The third-order valence-corrected chi connectivity index (χ3v) is 3.29. The van der Waals surface area contributed by atoms with Gasteiger partial charge in [0.1, 0.15) is 0 Å². The lowest BCUT2D eigenvalue weighted by atomic mass is 10.2. The van der Waals surface area contributed by atoms with Gasteiger partial charge in [-0.2, -0.15) is 10.2 Å². The van der Waals surface area contributed by atoms with Crippen LogP contribution in [-0.2, 0) is 6.54 Å². The molecule has 0 radical (unpaired) electrons. The number of nitrogens with zero attached hydrogens (tertiary/aromatic N) is 4. The zero-order valence-electron chi connectivity index (χ0n) is 10.9. The highest BCUT2D eigenvalue weighted by molar-refractivity contribution is 7.71. The molecule has 3 rings (SSSR count). The van der Waals surface area contributed by atoms with Gasteiger partial charge in [-0.3, -0.25) is 9.67 Å². The number of pyridine rings is 1. The van der Waals surface area contributed by atoms with Gasteiger partial charge in [0.15, 0.2) is 10.6 Å². The maximum absolute atomic E-state index is 5.31. The summed E-state index contributed by atoms with van der Waals surface area (Å²) in [6.07, 6.45) is 3.75. The van der Waals surface area contributed by atoms with Gasteiger partial charge in [-0.15, -0.1) is 0 Å². The van der Waals surface area contributed by atoms with Crippen LogP contribution in [-0.4, -0.2) is 24.4 Å². The van der Waals surface area contributed by atoms with Crippen LogP contribution in [0.3, 0.4) is 0 Å². The van der Waals surface area contributed by atoms with E-state index in [9.17, 15) is 0 Å². The van der Waals surface area contributed by atoms with Crippen LogP contribution in [0, 0.1) is 10.7 Å². The summed E-state index contributed by atoms with van der Waals surface area (Å²) in [5.41, 5.74) is 2.02. The van der Waals surface area contributed by atoms with Crippen molar-refractivity contribution in [1.29, 1.82) is 0 Å². The number of rotatable bonds is 3. The first kappa shape index (κ1) is 12.1. The van der Waals surface area contributed by atoms with Crippen LogP contribution in [0.1, 0.15) is 13.8 Å². The average molecular weight is 273 g/mol. The van der Waals surface area contributed by atoms with Crippen molar-refractivity contribution in [2.24, 2.45) is 5.92 Å². The zero-order valence-corrected chi connectivity index (χ0v) is 11.7. The number of fused-ring (bicyclic) bond motifs is 1. The van der Waals surface area contributed by atoms with Crippen molar-refractivity contribution >= 4 is 17.7 Å². The maximum Gasteiger partial charge on any atom is 0.195 e. The molecule has 0 amide bonds. The lowest BCUT2D eigenvalue weighted by Crippen LogP contribution is -2.06. The van der Waals surface area contributed by atoms with E-state index in [1.807, 2.05) is 39.7 Å². The Morgan fingerprint density at radius 1 is 1.37 bits per heavy atom. The van der Waals surface area contributed by atoms with Gasteiger partial charge in [0, 0.05) is 12.7 Å². The predicted octanol–water partition coefficient (Wildman–Crippen LogP) is 2.91. The molecule has 3 heterocycles. The van der Waals surface area contributed by atoms with Crippen LogP contribution < -0.4 is 0 Å². The number of nitrogens with one attached hydrogen (secondary N) is 1. The van der Waals surface area contributed by atoms with Crippen molar-refractivity contribution in [3.05, 3.63) is 35.4 Å². The highest BCUT2D eigenvalue weighted by atomic mass is 32.1. The molecule has 0 atom stereocenters. The third kappa shape index (κ3) is 2.08. The Morgan fingerprint density at radius 2 is 2.21 bits per heavy atom. The van der Waals surface area contributed by atoms with Crippen LogP contribution in [0.25, 0.3) is 16.9 Å². The van der Waals surface area contributed by atoms with Gasteiger partial charge in [-0.1, -0.05) is 19.9 Å². The van der Waals surface area contributed by atoms with Gasteiger partial charge in [-0.05, 0) is 30.3 Å². The van der Waals surface area contributed by atoms with E-state index >= 15 is 0 Å². The standard InChI is InChI=1S/C13H15N5S/c1-9(2)8-17-12(15-16-13(17)19)10-7-14-18-6-4-3-5-11(10)18/h3-7,9H,8H2,1-2H3,(H,16,19). The summed E-state index contributed by atoms with van der Waals surface area (Å²) in [4.78, 5) is 0. The van der Waals surface area contributed by atoms with Crippen LogP contribution in [0.5, 0.6) is 0 Å². The summed E-state index contributed by atoms with van der Waals surface area (Å²) in [5, 5.41) is 11.6. The summed E-state index contributed by atoms with van der Waals surface area (Å²) < 4.78 is 4.52. The van der Waals surface area contributed by atoms with Crippen molar-refractivity contribution < 1.29 is 0 Å². The van der Waals surface area contributed by atoms with Gasteiger partial charge < -0.3 is 0 Å². The van der Waals surface area contributed by atoms with E-state index in [0.29, 0.717) is 10.7 Å². The Kier molecular flexibility index (Phi) is 2.94. The summed E-state index contributed by atoms with van der Waals surface area (Å²) in [6, 6.07) is 5.98. The quantitative estimate of drug-likeness (QED) is 0.746. The molecule has 0 bridgehead atoms. The van der Waals surface area contributed by atoms with E-state index in [1.165, 1.54) is 0 Å². The molecule has 5 nitrogen and oxygen atoms in total. The Bertz CT molecular complexity index is 765. The fourth-order valence-corrected chi connectivity index (χ4v) is 2.37. The highest BCUT2D eigenvalue weighted by Crippen LogP contribution is 2.23. The minimum absolute atomic E-state index is 0.505. The number of aromatic nitrogens is 5. The monoisotopic (exact) mass is 273 g/mol. The molecule has 3 aromatic rings. The number of aromatic amines is 1. The second-order valence-corrected chi connectivity index (χ2v) is 5.33. The Balaban J connectivity index is 2.19. The molecule has 98 valence electrons. The molecule has 1 N–H and O–H groups in total.